The number of carbonyl (C=O) groups excluding carboxylic acids is 2. The van der Waals surface area contributed by atoms with E-state index in [1.807, 2.05) is 0 Å². The van der Waals surface area contributed by atoms with Crippen LogP contribution < -0.4 is 14.8 Å². The summed E-state index contributed by atoms with van der Waals surface area (Å²) in [5, 5.41) is 2.35. The van der Waals surface area contributed by atoms with Crippen molar-refractivity contribution in [2.75, 3.05) is 19.0 Å². The lowest BCUT2D eigenvalue weighted by molar-refractivity contribution is -0.137. The number of carbonyl (C=O) groups is 2. The molecule has 0 aliphatic carbocycles. The molecule has 0 aliphatic rings. The number of hydrogen-bond acceptors (Lipinski definition) is 4. The molecule has 0 spiro atoms. The number of rotatable bonds is 6. The fourth-order valence-corrected chi connectivity index (χ4v) is 2.33. The third-order valence-corrected chi connectivity index (χ3v) is 3.49. The zero-order chi connectivity index (χ0) is 19.3. The number of ether oxygens (including phenoxy) is 2. The number of amides is 1. The highest BCUT2D eigenvalue weighted by Crippen LogP contribution is 2.36. The Labute approximate surface area is 151 Å². The molecule has 0 unspecified atom stereocenters. The molecular formula is C17H13ClF3NO4. The number of nitrogens with one attached hydrogen (secondary N) is 1. The van der Waals surface area contributed by atoms with Crippen LogP contribution in [0.15, 0.2) is 36.4 Å². The number of anilines is 1. The zero-order valence-electron chi connectivity index (χ0n) is 13.4. The van der Waals surface area contributed by atoms with E-state index in [-0.39, 0.29) is 27.8 Å². The number of hydrogen-bond donors (Lipinski definition) is 1. The van der Waals surface area contributed by atoms with Gasteiger partial charge in [0, 0.05) is 11.3 Å². The second kappa shape index (κ2) is 8.09. The highest BCUT2D eigenvalue weighted by molar-refractivity contribution is 6.32. The molecule has 0 atom stereocenters. The summed E-state index contributed by atoms with van der Waals surface area (Å²) in [6.07, 6.45) is -3.95. The van der Waals surface area contributed by atoms with Gasteiger partial charge in [0.25, 0.3) is 5.91 Å². The van der Waals surface area contributed by atoms with E-state index in [1.54, 1.807) is 0 Å². The molecule has 0 saturated carbocycles. The molecule has 2 aromatic carbocycles. The number of aldehydes is 1. The van der Waals surface area contributed by atoms with Gasteiger partial charge in [-0.1, -0.05) is 17.7 Å². The first-order valence-corrected chi connectivity index (χ1v) is 7.55. The maximum absolute atomic E-state index is 12.7. The minimum absolute atomic E-state index is 0.0252. The van der Waals surface area contributed by atoms with Crippen LogP contribution in [-0.4, -0.2) is 25.9 Å². The number of benzene rings is 2. The summed E-state index contributed by atoms with van der Waals surface area (Å²) in [6.45, 7) is -0.521. The number of methoxy groups -OCH3 is 1. The summed E-state index contributed by atoms with van der Waals surface area (Å²) in [5.41, 5.74) is -0.652. The Morgan fingerprint density at radius 3 is 2.62 bits per heavy atom. The first-order valence-electron chi connectivity index (χ1n) is 7.17. The maximum Gasteiger partial charge on any atom is 0.416 e. The van der Waals surface area contributed by atoms with Gasteiger partial charge >= 0.3 is 6.18 Å². The summed E-state index contributed by atoms with van der Waals surface area (Å²) in [4.78, 5) is 22.7. The third kappa shape index (κ3) is 4.89. The maximum atomic E-state index is 12.7. The molecule has 1 N–H and O–H groups in total. The molecule has 0 radical (unpaired) electrons. The van der Waals surface area contributed by atoms with E-state index in [0.29, 0.717) is 6.29 Å². The van der Waals surface area contributed by atoms with E-state index in [2.05, 4.69) is 5.32 Å². The van der Waals surface area contributed by atoms with Gasteiger partial charge in [0.05, 0.1) is 17.7 Å². The van der Waals surface area contributed by atoms with E-state index in [4.69, 9.17) is 21.1 Å². The van der Waals surface area contributed by atoms with Crippen molar-refractivity contribution in [1.29, 1.82) is 0 Å². The second-order valence-electron chi connectivity index (χ2n) is 5.07. The SMILES string of the molecule is COc1cc(C=O)cc(Cl)c1OCC(=O)Nc1cccc(C(F)(F)F)c1. The van der Waals surface area contributed by atoms with Gasteiger partial charge in [-0.15, -0.1) is 0 Å². The topological polar surface area (TPSA) is 64.6 Å². The van der Waals surface area contributed by atoms with Gasteiger partial charge in [0.2, 0.25) is 0 Å². The molecule has 1 amide bonds. The Kier molecular flexibility index (Phi) is 6.10. The average Bonchev–Trinajstić information content (AvgIpc) is 2.59. The molecule has 26 heavy (non-hydrogen) atoms. The van der Waals surface area contributed by atoms with Crippen molar-refractivity contribution < 1.29 is 32.2 Å². The largest absolute Gasteiger partial charge is 0.493 e. The van der Waals surface area contributed by atoms with Crippen LogP contribution >= 0.6 is 11.6 Å². The quantitative estimate of drug-likeness (QED) is 0.755. The van der Waals surface area contributed by atoms with Gasteiger partial charge in [-0.2, -0.15) is 13.2 Å². The highest BCUT2D eigenvalue weighted by Gasteiger charge is 2.30. The summed E-state index contributed by atoms with van der Waals surface area (Å²) < 4.78 is 48.4. The van der Waals surface area contributed by atoms with Crippen LogP contribution in [0.4, 0.5) is 18.9 Å². The summed E-state index contributed by atoms with van der Waals surface area (Å²) in [6, 6.07) is 6.91. The predicted molar refractivity (Wildman–Crippen MR) is 89.0 cm³/mol. The fraction of sp³-hybridized carbons (Fsp3) is 0.176. The summed E-state index contributed by atoms with van der Waals surface area (Å²) >= 11 is 5.99. The van der Waals surface area contributed by atoms with Crippen LogP contribution in [0.3, 0.4) is 0 Å². The highest BCUT2D eigenvalue weighted by atomic mass is 35.5. The van der Waals surface area contributed by atoms with Gasteiger partial charge in [0.1, 0.15) is 6.29 Å². The van der Waals surface area contributed by atoms with Crippen molar-refractivity contribution in [2.45, 2.75) is 6.18 Å². The fourth-order valence-electron chi connectivity index (χ4n) is 2.06. The summed E-state index contributed by atoms with van der Waals surface area (Å²) in [5.74, 6) is -0.507. The van der Waals surface area contributed by atoms with Crippen LogP contribution in [0.2, 0.25) is 5.02 Å². The monoisotopic (exact) mass is 387 g/mol. The Hall–Kier alpha value is -2.74. The minimum atomic E-state index is -4.52. The molecule has 0 heterocycles. The van der Waals surface area contributed by atoms with Crippen molar-refractivity contribution in [2.24, 2.45) is 0 Å². The molecule has 2 rings (SSSR count). The van der Waals surface area contributed by atoms with Crippen LogP contribution in [0, 0.1) is 0 Å². The Morgan fingerprint density at radius 2 is 2.00 bits per heavy atom. The Morgan fingerprint density at radius 1 is 1.27 bits per heavy atom. The standard InChI is InChI=1S/C17H13ClF3NO4/c1-25-14-6-10(8-23)5-13(18)16(14)26-9-15(24)22-12-4-2-3-11(7-12)17(19,20)21/h2-8H,9H2,1H3,(H,22,24). The van der Waals surface area contributed by atoms with Gasteiger partial charge < -0.3 is 14.8 Å². The Balaban J connectivity index is 2.07. The van der Waals surface area contributed by atoms with Gasteiger partial charge in [-0.3, -0.25) is 9.59 Å². The minimum Gasteiger partial charge on any atom is -0.493 e. The van der Waals surface area contributed by atoms with Crippen molar-refractivity contribution in [3.8, 4) is 11.5 Å². The average molecular weight is 388 g/mol. The van der Waals surface area contributed by atoms with E-state index < -0.39 is 24.3 Å². The molecule has 0 bridgehead atoms. The first-order chi connectivity index (χ1) is 12.2. The second-order valence-corrected chi connectivity index (χ2v) is 5.47. The predicted octanol–water partition coefficient (Wildman–Crippen LogP) is 4.20. The van der Waals surface area contributed by atoms with Gasteiger partial charge in [0.15, 0.2) is 18.1 Å². The lowest BCUT2D eigenvalue weighted by Gasteiger charge is -2.13. The van der Waals surface area contributed by atoms with Crippen LogP contribution in [-0.2, 0) is 11.0 Å². The van der Waals surface area contributed by atoms with Gasteiger partial charge in [-0.25, -0.2) is 0 Å². The van der Waals surface area contributed by atoms with E-state index in [0.717, 1.165) is 12.1 Å². The molecule has 2 aromatic rings. The number of halogens is 4. The third-order valence-electron chi connectivity index (χ3n) is 3.21. The van der Waals surface area contributed by atoms with Crippen LogP contribution in [0.25, 0.3) is 0 Å². The normalized spacial score (nSPS) is 11.0. The van der Waals surface area contributed by atoms with Crippen LogP contribution in [0.1, 0.15) is 15.9 Å². The van der Waals surface area contributed by atoms with E-state index >= 15 is 0 Å². The lowest BCUT2D eigenvalue weighted by atomic mass is 10.2. The van der Waals surface area contributed by atoms with E-state index in [1.165, 1.54) is 31.4 Å². The number of alkyl halides is 3. The van der Waals surface area contributed by atoms with E-state index in [9.17, 15) is 22.8 Å². The van der Waals surface area contributed by atoms with Crippen LogP contribution in [0.5, 0.6) is 11.5 Å². The molecule has 0 fully saturated rings. The molecule has 5 nitrogen and oxygen atoms in total. The van der Waals surface area contributed by atoms with Crippen molar-refractivity contribution >= 4 is 29.5 Å². The van der Waals surface area contributed by atoms with Crippen molar-refractivity contribution in [3.63, 3.8) is 0 Å². The van der Waals surface area contributed by atoms with Crippen molar-refractivity contribution in [3.05, 3.63) is 52.5 Å². The molecule has 0 aliphatic heterocycles. The first kappa shape index (κ1) is 19.6. The molecule has 138 valence electrons. The Bertz CT molecular complexity index is 824. The lowest BCUT2D eigenvalue weighted by Crippen LogP contribution is -2.20. The molecule has 0 saturated heterocycles. The zero-order valence-corrected chi connectivity index (χ0v) is 14.1. The smallest absolute Gasteiger partial charge is 0.416 e. The molecule has 9 heteroatoms. The van der Waals surface area contributed by atoms with Gasteiger partial charge in [-0.05, 0) is 30.3 Å². The van der Waals surface area contributed by atoms with Crippen molar-refractivity contribution in [1.82, 2.24) is 0 Å². The molecule has 0 aromatic heterocycles. The summed E-state index contributed by atoms with van der Waals surface area (Å²) in [7, 11) is 1.33. The molecular weight excluding hydrogens is 375 g/mol.